The molecule has 0 amide bonds. The molecule has 0 radical (unpaired) electrons. The lowest BCUT2D eigenvalue weighted by Crippen LogP contribution is -1.94. The molecule has 0 atom stereocenters. The second-order valence-corrected chi connectivity index (χ2v) is 5.86. The minimum atomic E-state index is 0.474. The highest BCUT2D eigenvalue weighted by Crippen LogP contribution is 2.40. The molecule has 0 N–H and O–H groups in total. The van der Waals surface area contributed by atoms with Gasteiger partial charge >= 0.3 is 0 Å². The van der Waals surface area contributed by atoms with E-state index in [9.17, 15) is 0 Å². The number of rotatable bonds is 3. The molecular weight excluding hydrogens is 289 g/mol. The first kappa shape index (κ1) is 12.2. The summed E-state index contributed by atoms with van der Waals surface area (Å²) in [5.74, 6) is 1.30. The first-order chi connectivity index (χ1) is 8.72. The maximum Gasteiger partial charge on any atom is 0.134 e. The molecular formula is C12H9Cl2N3S. The summed E-state index contributed by atoms with van der Waals surface area (Å²) in [6, 6.07) is 5.35. The molecule has 18 heavy (non-hydrogen) atoms. The Morgan fingerprint density at radius 3 is 2.78 bits per heavy atom. The predicted molar refractivity (Wildman–Crippen MR) is 72.4 cm³/mol. The number of aromatic nitrogens is 3. The second-order valence-electron chi connectivity index (χ2n) is 4.05. The fraction of sp³-hybridized carbons (Fsp3) is 0.250. The smallest absolute Gasteiger partial charge is 0.134 e. The standard InChI is InChI=1S/C12H9Cl2N3S/c13-8-2-1-5-15-12(8)18-10-6-9(14)16-11(17-10)7-3-4-7/h1-2,5-7H,3-4H2. The van der Waals surface area contributed by atoms with Gasteiger partial charge in [0, 0.05) is 18.2 Å². The van der Waals surface area contributed by atoms with Crippen LogP contribution in [0.5, 0.6) is 0 Å². The van der Waals surface area contributed by atoms with Gasteiger partial charge in [-0.3, -0.25) is 0 Å². The molecule has 0 unspecified atom stereocenters. The summed E-state index contributed by atoms with van der Waals surface area (Å²) < 4.78 is 0. The van der Waals surface area contributed by atoms with Crippen molar-refractivity contribution in [3.8, 4) is 0 Å². The maximum absolute atomic E-state index is 6.07. The molecule has 0 spiro atoms. The third-order valence-corrected chi connectivity index (χ3v) is 4.10. The summed E-state index contributed by atoms with van der Waals surface area (Å²) in [7, 11) is 0. The van der Waals surface area contributed by atoms with Crippen molar-refractivity contribution < 1.29 is 0 Å². The lowest BCUT2D eigenvalue weighted by molar-refractivity contribution is 0.877. The van der Waals surface area contributed by atoms with Crippen molar-refractivity contribution in [2.45, 2.75) is 28.8 Å². The van der Waals surface area contributed by atoms with Crippen LogP contribution in [0.1, 0.15) is 24.6 Å². The van der Waals surface area contributed by atoms with Crippen molar-refractivity contribution in [2.24, 2.45) is 0 Å². The summed E-state index contributed by atoms with van der Waals surface area (Å²) in [6.07, 6.45) is 4.00. The second kappa shape index (κ2) is 5.03. The van der Waals surface area contributed by atoms with Crippen LogP contribution in [0.4, 0.5) is 0 Å². The van der Waals surface area contributed by atoms with Gasteiger partial charge in [0.05, 0.1) is 5.02 Å². The topological polar surface area (TPSA) is 38.7 Å². The average Bonchev–Trinajstić information content (AvgIpc) is 3.15. The number of nitrogens with zero attached hydrogens (tertiary/aromatic N) is 3. The molecule has 3 rings (SSSR count). The van der Waals surface area contributed by atoms with E-state index in [1.807, 2.05) is 6.07 Å². The highest BCUT2D eigenvalue weighted by molar-refractivity contribution is 7.99. The Morgan fingerprint density at radius 2 is 2.06 bits per heavy atom. The number of pyridine rings is 1. The van der Waals surface area contributed by atoms with Gasteiger partial charge in [0.1, 0.15) is 21.0 Å². The monoisotopic (exact) mass is 297 g/mol. The van der Waals surface area contributed by atoms with Crippen molar-refractivity contribution in [2.75, 3.05) is 0 Å². The zero-order valence-electron chi connectivity index (χ0n) is 9.31. The van der Waals surface area contributed by atoms with Crippen molar-refractivity contribution in [1.29, 1.82) is 0 Å². The van der Waals surface area contributed by atoms with Crippen LogP contribution in [0, 0.1) is 0 Å². The van der Waals surface area contributed by atoms with E-state index in [1.54, 1.807) is 18.3 Å². The van der Waals surface area contributed by atoms with Gasteiger partial charge in [-0.15, -0.1) is 0 Å². The summed E-state index contributed by atoms with van der Waals surface area (Å²) in [5, 5.41) is 2.61. The van der Waals surface area contributed by atoms with E-state index < -0.39 is 0 Å². The zero-order valence-corrected chi connectivity index (χ0v) is 11.6. The van der Waals surface area contributed by atoms with Crippen LogP contribution >= 0.6 is 35.0 Å². The fourth-order valence-electron chi connectivity index (χ4n) is 1.54. The Labute approximate surface area is 119 Å². The van der Waals surface area contributed by atoms with Gasteiger partial charge in [-0.1, -0.05) is 23.2 Å². The number of hydrogen-bond donors (Lipinski definition) is 0. The van der Waals surface area contributed by atoms with Crippen LogP contribution < -0.4 is 0 Å². The molecule has 2 aromatic heterocycles. The van der Waals surface area contributed by atoms with Crippen molar-refractivity contribution in [3.63, 3.8) is 0 Å². The Balaban J connectivity index is 1.90. The van der Waals surface area contributed by atoms with Crippen LogP contribution in [-0.4, -0.2) is 15.0 Å². The van der Waals surface area contributed by atoms with Crippen LogP contribution in [0.25, 0.3) is 0 Å². The third-order valence-electron chi connectivity index (χ3n) is 2.56. The van der Waals surface area contributed by atoms with Gasteiger partial charge in [0.25, 0.3) is 0 Å². The van der Waals surface area contributed by atoms with E-state index in [1.165, 1.54) is 11.8 Å². The zero-order chi connectivity index (χ0) is 12.5. The molecule has 2 aromatic rings. The molecule has 0 aliphatic heterocycles. The van der Waals surface area contributed by atoms with Crippen molar-refractivity contribution in [3.05, 3.63) is 40.4 Å². The van der Waals surface area contributed by atoms with Crippen molar-refractivity contribution in [1.82, 2.24) is 15.0 Å². The summed E-state index contributed by atoms with van der Waals surface area (Å²) in [6.45, 7) is 0. The van der Waals surface area contributed by atoms with Crippen LogP contribution in [-0.2, 0) is 0 Å². The molecule has 0 aromatic carbocycles. The Morgan fingerprint density at radius 1 is 1.22 bits per heavy atom. The van der Waals surface area contributed by atoms with Crippen LogP contribution in [0.3, 0.4) is 0 Å². The largest absolute Gasteiger partial charge is 0.248 e. The molecule has 3 nitrogen and oxygen atoms in total. The fourth-order valence-corrected chi connectivity index (χ4v) is 2.81. The molecule has 0 saturated heterocycles. The molecule has 0 bridgehead atoms. The highest BCUT2D eigenvalue weighted by atomic mass is 35.5. The molecule has 1 aliphatic rings. The third kappa shape index (κ3) is 2.76. The summed E-state index contributed by atoms with van der Waals surface area (Å²) in [5.41, 5.74) is 0. The minimum absolute atomic E-state index is 0.474. The van der Waals surface area contributed by atoms with Gasteiger partial charge in [-0.25, -0.2) is 15.0 Å². The van der Waals surface area contributed by atoms with E-state index in [2.05, 4.69) is 15.0 Å². The first-order valence-electron chi connectivity index (χ1n) is 5.55. The van der Waals surface area contributed by atoms with Gasteiger partial charge in [-0.2, -0.15) is 0 Å². The Hall–Kier alpha value is -0.840. The van der Waals surface area contributed by atoms with Gasteiger partial charge in [-0.05, 0) is 36.7 Å². The molecule has 1 saturated carbocycles. The lowest BCUT2D eigenvalue weighted by atomic mass is 10.4. The maximum atomic E-state index is 6.07. The van der Waals surface area contributed by atoms with E-state index in [0.29, 0.717) is 16.1 Å². The van der Waals surface area contributed by atoms with Crippen LogP contribution in [0.2, 0.25) is 10.2 Å². The molecule has 2 heterocycles. The molecule has 1 aliphatic carbocycles. The van der Waals surface area contributed by atoms with E-state index in [4.69, 9.17) is 23.2 Å². The van der Waals surface area contributed by atoms with Crippen molar-refractivity contribution >= 4 is 35.0 Å². The van der Waals surface area contributed by atoms with Gasteiger partial charge in [0.15, 0.2) is 0 Å². The Bertz CT molecular complexity index is 587. The quantitative estimate of drug-likeness (QED) is 0.796. The van der Waals surface area contributed by atoms with E-state index in [-0.39, 0.29) is 0 Å². The molecule has 92 valence electrons. The van der Waals surface area contributed by atoms with Crippen LogP contribution in [0.15, 0.2) is 34.4 Å². The minimum Gasteiger partial charge on any atom is -0.248 e. The average molecular weight is 298 g/mol. The normalized spacial score (nSPS) is 14.8. The lowest BCUT2D eigenvalue weighted by Gasteiger charge is -2.04. The highest BCUT2D eigenvalue weighted by Gasteiger charge is 2.27. The summed E-state index contributed by atoms with van der Waals surface area (Å²) in [4.78, 5) is 13.0. The number of hydrogen-bond acceptors (Lipinski definition) is 4. The van der Waals surface area contributed by atoms with E-state index >= 15 is 0 Å². The van der Waals surface area contributed by atoms with Gasteiger partial charge in [0.2, 0.25) is 0 Å². The molecule has 6 heteroatoms. The predicted octanol–water partition coefficient (Wildman–Crippen LogP) is 4.21. The number of halogens is 2. The van der Waals surface area contributed by atoms with E-state index in [0.717, 1.165) is 28.7 Å². The Kier molecular flexibility index (Phi) is 3.41. The summed E-state index contributed by atoms with van der Waals surface area (Å²) >= 11 is 13.5. The van der Waals surface area contributed by atoms with Gasteiger partial charge < -0.3 is 0 Å². The molecule has 1 fully saturated rings. The SMILES string of the molecule is Clc1cc(Sc2ncccc2Cl)nc(C2CC2)n1. The first-order valence-corrected chi connectivity index (χ1v) is 7.12.